The van der Waals surface area contributed by atoms with Gasteiger partial charge >= 0.3 is 0 Å². The Bertz CT molecular complexity index is 1020. The van der Waals surface area contributed by atoms with Gasteiger partial charge in [0.1, 0.15) is 17.7 Å². The highest BCUT2D eigenvalue weighted by atomic mass is 35.5. The molecule has 4 rings (SSSR count). The number of benzene rings is 1. The van der Waals surface area contributed by atoms with Gasteiger partial charge in [-0.25, -0.2) is 14.4 Å². The molecule has 1 aliphatic heterocycles. The van der Waals surface area contributed by atoms with E-state index in [1.165, 1.54) is 23.5 Å². The lowest BCUT2D eigenvalue weighted by molar-refractivity contribution is 0.626. The number of imidazole rings is 1. The lowest BCUT2D eigenvalue weighted by Gasteiger charge is -2.27. The van der Waals surface area contributed by atoms with Crippen LogP contribution in [0.25, 0.3) is 5.57 Å². The Morgan fingerprint density at radius 2 is 2.12 bits per heavy atom. The van der Waals surface area contributed by atoms with Gasteiger partial charge in [-0.1, -0.05) is 17.7 Å². The molecule has 2 aromatic heterocycles. The fourth-order valence-corrected chi connectivity index (χ4v) is 3.85. The number of aryl methyl sites for hydroxylation is 1. The maximum absolute atomic E-state index is 13.6. The van der Waals surface area contributed by atoms with Crippen LogP contribution in [0.2, 0.25) is 5.02 Å². The number of halogens is 2. The van der Waals surface area contributed by atoms with Crippen LogP contribution in [0.3, 0.4) is 0 Å². The normalized spacial score (nSPS) is 17.2. The number of nitrogens with one attached hydrogen (secondary N) is 1. The average molecular weight is 388 g/mol. The molecule has 1 aliphatic rings. The fraction of sp³-hybridized carbons (Fsp3) is 0.167. The Labute approximate surface area is 158 Å². The Balaban J connectivity index is 1.90. The molecule has 3 heterocycles. The monoisotopic (exact) mass is 387 g/mol. The predicted octanol–water partition coefficient (Wildman–Crippen LogP) is 4.19. The number of hydrogen-bond donors (Lipinski definition) is 1. The van der Waals surface area contributed by atoms with Crippen LogP contribution in [-0.2, 0) is 7.05 Å². The highest BCUT2D eigenvalue weighted by molar-refractivity contribution is 7.11. The minimum atomic E-state index is -0.413. The Morgan fingerprint density at radius 1 is 1.27 bits per heavy atom. The number of rotatable bonds is 3. The summed E-state index contributed by atoms with van der Waals surface area (Å²) >= 11 is 7.85. The molecule has 1 atom stereocenters. The van der Waals surface area contributed by atoms with Crippen LogP contribution in [0.5, 0.6) is 0 Å². The molecule has 132 valence electrons. The van der Waals surface area contributed by atoms with Gasteiger partial charge in [0.2, 0.25) is 0 Å². The molecule has 0 spiro atoms. The number of amidine groups is 1. The summed E-state index contributed by atoms with van der Waals surface area (Å²) in [6, 6.07) is 3.97. The quantitative estimate of drug-likeness (QED) is 0.733. The fourth-order valence-electron chi connectivity index (χ4n) is 2.99. The molecular formula is C18H15ClFN5S. The maximum Gasteiger partial charge on any atom is 0.163 e. The summed E-state index contributed by atoms with van der Waals surface area (Å²) in [7, 11) is 1.92. The molecule has 1 unspecified atom stereocenters. The highest BCUT2D eigenvalue weighted by Gasteiger charge is 2.30. The van der Waals surface area contributed by atoms with Crippen molar-refractivity contribution >= 4 is 34.3 Å². The van der Waals surface area contributed by atoms with Gasteiger partial charge in [-0.3, -0.25) is 4.99 Å². The van der Waals surface area contributed by atoms with Gasteiger partial charge < -0.3 is 9.88 Å². The zero-order chi connectivity index (χ0) is 18.3. The number of thiazole rings is 1. The van der Waals surface area contributed by atoms with E-state index >= 15 is 0 Å². The van der Waals surface area contributed by atoms with Crippen LogP contribution in [-0.4, -0.2) is 20.4 Å². The van der Waals surface area contributed by atoms with Crippen LogP contribution < -0.4 is 5.32 Å². The van der Waals surface area contributed by atoms with E-state index in [-0.39, 0.29) is 5.82 Å². The first-order valence-corrected chi connectivity index (χ1v) is 9.18. The van der Waals surface area contributed by atoms with Crippen molar-refractivity contribution in [3.05, 3.63) is 75.1 Å². The van der Waals surface area contributed by atoms with E-state index in [0.717, 1.165) is 27.7 Å². The molecule has 0 fully saturated rings. The van der Waals surface area contributed by atoms with Crippen LogP contribution in [0, 0.1) is 5.82 Å². The molecule has 1 aromatic carbocycles. The summed E-state index contributed by atoms with van der Waals surface area (Å²) in [4.78, 5) is 13.6. The topological polar surface area (TPSA) is 55.1 Å². The van der Waals surface area contributed by atoms with Gasteiger partial charge in [0.25, 0.3) is 0 Å². The minimum absolute atomic E-state index is 0.332. The smallest absolute Gasteiger partial charge is 0.163 e. The lowest BCUT2D eigenvalue weighted by Crippen LogP contribution is -2.30. The number of aliphatic imine (C=N–C) groups is 1. The molecular weight excluding hydrogens is 373 g/mol. The van der Waals surface area contributed by atoms with Crippen molar-refractivity contribution in [1.29, 1.82) is 0 Å². The van der Waals surface area contributed by atoms with Crippen molar-refractivity contribution < 1.29 is 4.39 Å². The second-order valence-electron chi connectivity index (χ2n) is 5.91. The molecule has 0 aliphatic carbocycles. The van der Waals surface area contributed by atoms with Crippen molar-refractivity contribution in [3.8, 4) is 0 Å². The van der Waals surface area contributed by atoms with Gasteiger partial charge in [0.15, 0.2) is 10.8 Å². The molecule has 26 heavy (non-hydrogen) atoms. The van der Waals surface area contributed by atoms with Crippen molar-refractivity contribution in [3.63, 3.8) is 0 Å². The summed E-state index contributed by atoms with van der Waals surface area (Å²) in [5, 5.41) is 6.33. The highest BCUT2D eigenvalue weighted by Crippen LogP contribution is 2.40. The molecule has 3 aromatic rings. The first kappa shape index (κ1) is 16.9. The van der Waals surface area contributed by atoms with E-state index in [1.54, 1.807) is 18.5 Å². The van der Waals surface area contributed by atoms with E-state index < -0.39 is 6.04 Å². The second-order valence-corrected chi connectivity index (χ2v) is 7.21. The summed E-state index contributed by atoms with van der Waals surface area (Å²) in [5.74, 6) is 1.07. The zero-order valence-corrected chi connectivity index (χ0v) is 15.6. The van der Waals surface area contributed by atoms with Gasteiger partial charge in [-0.2, -0.15) is 0 Å². The SMILES string of the molecule is CC1=C(c2nccn2C)C(c2ccc(F)cc2Cl)N=C(c2nccs2)N1. The minimum Gasteiger partial charge on any atom is -0.341 e. The molecule has 1 N–H and O–H groups in total. The van der Waals surface area contributed by atoms with Gasteiger partial charge in [-0.15, -0.1) is 11.3 Å². The number of allylic oxidation sites excluding steroid dienone is 1. The summed E-state index contributed by atoms with van der Waals surface area (Å²) < 4.78 is 15.5. The van der Waals surface area contributed by atoms with Crippen LogP contribution in [0.15, 0.2) is 52.9 Å². The predicted molar refractivity (Wildman–Crippen MR) is 102 cm³/mol. The number of nitrogens with zero attached hydrogens (tertiary/aromatic N) is 4. The third-order valence-electron chi connectivity index (χ3n) is 4.20. The van der Waals surface area contributed by atoms with E-state index in [9.17, 15) is 4.39 Å². The number of aromatic nitrogens is 3. The molecule has 0 radical (unpaired) electrons. The molecule has 0 bridgehead atoms. The largest absolute Gasteiger partial charge is 0.341 e. The lowest BCUT2D eigenvalue weighted by atomic mass is 9.95. The summed E-state index contributed by atoms with van der Waals surface area (Å²) in [5.41, 5.74) is 2.53. The average Bonchev–Trinajstić information content (AvgIpc) is 3.26. The van der Waals surface area contributed by atoms with Crippen LogP contribution in [0.1, 0.15) is 29.4 Å². The molecule has 0 amide bonds. The number of hydrogen-bond acceptors (Lipinski definition) is 5. The summed E-state index contributed by atoms with van der Waals surface area (Å²) in [6.07, 6.45) is 5.34. The molecule has 8 heteroatoms. The van der Waals surface area contributed by atoms with Crippen molar-refractivity contribution in [2.45, 2.75) is 13.0 Å². The Kier molecular flexibility index (Phi) is 4.34. The third-order valence-corrected chi connectivity index (χ3v) is 5.30. The Morgan fingerprint density at radius 3 is 2.77 bits per heavy atom. The first-order valence-electron chi connectivity index (χ1n) is 7.92. The van der Waals surface area contributed by atoms with Crippen molar-refractivity contribution in [2.24, 2.45) is 12.0 Å². The van der Waals surface area contributed by atoms with Crippen molar-refractivity contribution in [2.75, 3.05) is 0 Å². The standard InChI is InChI=1S/C18H15ClFN5S/c1-10-14(17-21-5-7-25(17)2)15(12-4-3-11(20)9-13(12)19)24-16(23-10)18-22-6-8-26-18/h3-9,15H,1-2H3,(H,23,24). The van der Waals surface area contributed by atoms with Crippen molar-refractivity contribution in [1.82, 2.24) is 19.9 Å². The van der Waals surface area contributed by atoms with Gasteiger partial charge in [0, 0.05) is 52.9 Å². The van der Waals surface area contributed by atoms with Crippen LogP contribution >= 0.6 is 22.9 Å². The van der Waals surface area contributed by atoms with E-state index in [4.69, 9.17) is 16.6 Å². The van der Waals surface area contributed by atoms with E-state index in [0.29, 0.717) is 10.9 Å². The first-order chi connectivity index (χ1) is 12.5. The van der Waals surface area contributed by atoms with Crippen LogP contribution in [0.4, 0.5) is 4.39 Å². The molecule has 0 saturated carbocycles. The second kappa shape index (κ2) is 6.66. The molecule has 5 nitrogen and oxygen atoms in total. The zero-order valence-electron chi connectivity index (χ0n) is 14.1. The Hall–Kier alpha value is -2.51. The van der Waals surface area contributed by atoms with E-state index in [1.807, 2.05) is 30.1 Å². The van der Waals surface area contributed by atoms with Gasteiger partial charge in [-0.05, 0) is 19.1 Å². The maximum atomic E-state index is 13.6. The summed E-state index contributed by atoms with van der Waals surface area (Å²) in [6.45, 7) is 1.97. The van der Waals surface area contributed by atoms with E-state index in [2.05, 4.69) is 15.3 Å². The molecule has 0 saturated heterocycles. The van der Waals surface area contributed by atoms with Gasteiger partial charge in [0.05, 0.1) is 0 Å². The third kappa shape index (κ3) is 2.93.